The number of carbonyl (C=O) groups is 2. The molecule has 2 aromatic heterocycles. The minimum Gasteiger partial charge on any atom is -0.356 e. The number of rotatable bonds is 6. The molecule has 2 aromatic rings. The minimum absolute atomic E-state index is 0.0598. The highest BCUT2D eigenvalue weighted by Crippen LogP contribution is 2.25. The summed E-state index contributed by atoms with van der Waals surface area (Å²) in [5, 5.41) is 13.9. The average molecular weight is 323 g/mol. The Bertz CT molecular complexity index is 689. The molecule has 0 radical (unpaired) electrons. The van der Waals surface area contributed by atoms with Gasteiger partial charge in [-0.1, -0.05) is 25.2 Å². The van der Waals surface area contributed by atoms with Crippen LogP contribution in [-0.4, -0.2) is 39.5 Å². The largest absolute Gasteiger partial charge is 0.356 e. The average Bonchev–Trinajstić information content (AvgIpc) is 2.98. The van der Waals surface area contributed by atoms with Crippen molar-refractivity contribution < 1.29 is 9.59 Å². The molecule has 0 atom stereocenters. The Kier molecular flexibility index (Phi) is 5.12. The van der Waals surface area contributed by atoms with Gasteiger partial charge in [0.05, 0.1) is 0 Å². The van der Waals surface area contributed by atoms with Crippen LogP contribution in [-0.2, 0) is 4.79 Å². The van der Waals surface area contributed by atoms with Crippen LogP contribution in [0.5, 0.6) is 0 Å². The quantitative estimate of drug-likeness (QED) is 0.788. The van der Waals surface area contributed by atoms with Crippen molar-refractivity contribution in [3.8, 4) is 0 Å². The van der Waals surface area contributed by atoms with Crippen molar-refractivity contribution in [3.05, 3.63) is 16.4 Å². The molecule has 0 spiro atoms. The van der Waals surface area contributed by atoms with Crippen LogP contribution in [0.3, 0.4) is 0 Å². The third-order valence-electron chi connectivity index (χ3n) is 3.25. The highest BCUT2D eigenvalue weighted by Gasteiger charge is 2.20. The summed E-state index contributed by atoms with van der Waals surface area (Å²) in [6.07, 6.45) is 0.700. The molecule has 0 fully saturated rings. The van der Waals surface area contributed by atoms with Crippen molar-refractivity contribution in [1.29, 1.82) is 0 Å². The van der Waals surface area contributed by atoms with Gasteiger partial charge in [0, 0.05) is 31.6 Å². The lowest BCUT2D eigenvalue weighted by Gasteiger charge is -2.06. The molecule has 2 rings (SSSR count). The van der Waals surface area contributed by atoms with Crippen molar-refractivity contribution in [1.82, 2.24) is 25.2 Å². The summed E-state index contributed by atoms with van der Waals surface area (Å²) in [4.78, 5) is 24.4. The maximum atomic E-state index is 12.3. The van der Waals surface area contributed by atoms with E-state index in [9.17, 15) is 9.59 Å². The zero-order chi connectivity index (χ0) is 16.3. The molecule has 2 heterocycles. The van der Waals surface area contributed by atoms with E-state index in [-0.39, 0.29) is 17.7 Å². The fourth-order valence-electron chi connectivity index (χ4n) is 2.15. The van der Waals surface area contributed by atoms with Crippen LogP contribution in [0.4, 0.5) is 0 Å². The van der Waals surface area contributed by atoms with Crippen molar-refractivity contribution in [2.45, 2.75) is 40.0 Å². The second-order valence-electron chi connectivity index (χ2n) is 5.44. The molecule has 0 aliphatic rings. The zero-order valence-corrected chi connectivity index (χ0v) is 14.1. The number of nitrogens with one attached hydrogen (secondary N) is 2. The normalized spacial score (nSPS) is 11.1. The van der Waals surface area contributed by atoms with E-state index in [1.54, 1.807) is 0 Å². The van der Waals surface area contributed by atoms with Gasteiger partial charge in [0.15, 0.2) is 0 Å². The summed E-state index contributed by atoms with van der Waals surface area (Å²) in [6.45, 7) is 8.57. The topological polar surface area (TPSA) is 88.4 Å². The van der Waals surface area contributed by atoms with Gasteiger partial charge in [-0.3, -0.25) is 14.0 Å². The molecule has 0 unspecified atom stereocenters. The van der Waals surface area contributed by atoms with E-state index < -0.39 is 0 Å². The summed E-state index contributed by atoms with van der Waals surface area (Å²) in [5.74, 6) is 0.950. The molecule has 0 aliphatic carbocycles. The highest BCUT2D eigenvalue weighted by atomic mass is 32.1. The van der Waals surface area contributed by atoms with Crippen LogP contribution in [0.15, 0.2) is 0 Å². The molecule has 2 N–H and O–H groups in total. The molecule has 0 aliphatic heterocycles. The highest BCUT2D eigenvalue weighted by molar-refractivity contribution is 7.19. The number of aryl methyl sites for hydroxylation is 1. The van der Waals surface area contributed by atoms with Gasteiger partial charge in [-0.2, -0.15) is 0 Å². The van der Waals surface area contributed by atoms with Gasteiger partial charge in [0.25, 0.3) is 5.91 Å². The van der Waals surface area contributed by atoms with Crippen molar-refractivity contribution in [3.63, 3.8) is 0 Å². The molecule has 7 nitrogen and oxygen atoms in total. The van der Waals surface area contributed by atoms with Crippen LogP contribution in [0, 0.1) is 6.92 Å². The monoisotopic (exact) mass is 323 g/mol. The Balaban J connectivity index is 2.03. The Morgan fingerprint density at radius 1 is 1.23 bits per heavy atom. The summed E-state index contributed by atoms with van der Waals surface area (Å²) in [5.41, 5.74) is 0.869. The van der Waals surface area contributed by atoms with E-state index in [0.29, 0.717) is 24.4 Å². The summed E-state index contributed by atoms with van der Waals surface area (Å²) < 4.78 is 1.95. The SMILES string of the molecule is CC(=O)NCCCNC(=O)c1sc2nnc(C(C)C)n2c1C. The molecule has 2 amide bonds. The Morgan fingerprint density at radius 3 is 2.55 bits per heavy atom. The number of fused-ring (bicyclic) bond motifs is 1. The molecule has 0 aromatic carbocycles. The maximum Gasteiger partial charge on any atom is 0.263 e. The zero-order valence-electron chi connectivity index (χ0n) is 13.3. The third kappa shape index (κ3) is 3.44. The first-order valence-electron chi connectivity index (χ1n) is 7.29. The van der Waals surface area contributed by atoms with Crippen LogP contribution in [0.1, 0.15) is 54.3 Å². The van der Waals surface area contributed by atoms with Gasteiger partial charge >= 0.3 is 0 Å². The number of hydrogen-bond donors (Lipinski definition) is 2. The predicted octanol–water partition coefficient (Wildman–Crippen LogP) is 1.48. The standard InChI is InChI=1S/C14H21N5O2S/c1-8(2)12-17-18-14-19(12)9(3)11(22-14)13(21)16-7-5-6-15-10(4)20/h8H,5-7H2,1-4H3,(H,15,20)(H,16,21). The van der Waals surface area contributed by atoms with Crippen LogP contribution in [0.25, 0.3) is 4.96 Å². The van der Waals surface area contributed by atoms with Crippen LogP contribution in [0.2, 0.25) is 0 Å². The second kappa shape index (κ2) is 6.87. The molecule has 0 saturated carbocycles. The predicted molar refractivity (Wildman–Crippen MR) is 85.3 cm³/mol. The summed E-state index contributed by atoms with van der Waals surface area (Å²) in [6, 6.07) is 0. The fraction of sp³-hybridized carbons (Fsp3) is 0.571. The lowest BCUT2D eigenvalue weighted by Crippen LogP contribution is -2.28. The molecular formula is C14H21N5O2S. The van der Waals surface area contributed by atoms with Gasteiger partial charge in [-0.25, -0.2) is 0 Å². The maximum absolute atomic E-state index is 12.3. The Morgan fingerprint density at radius 2 is 1.91 bits per heavy atom. The number of thiazole rings is 1. The van der Waals surface area contributed by atoms with Crippen molar-refractivity contribution in [2.24, 2.45) is 0 Å². The van der Waals surface area contributed by atoms with E-state index in [0.717, 1.165) is 16.5 Å². The van der Waals surface area contributed by atoms with Gasteiger partial charge in [0.1, 0.15) is 10.7 Å². The number of hydrogen-bond acceptors (Lipinski definition) is 5. The van der Waals surface area contributed by atoms with Crippen LogP contribution < -0.4 is 10.6 Å². The fourth-order valence-corrected chi connectivity index (χ4v) is 3.14. The Hall–Kier alpha value is -1.96. The molecule has 120 valence electrons. The lowest BCUT2D eigenvalue weighted by atomic mass is 10.2. The first-order valence-corrected chi connectivity index (χ1v) is 8.10. The lowest BCUT2D eigenvalue weighted by molar-refractivity contribution is -0.118. The molecule has 22 heavy (non-hydrogen) atoms. The van der Waals surface area contributed by atoms with E-state index in [1.165, 1.54) is 18.3 Å². The first-order chi connectivity index (χ1) is 10.4. The second-order valence-corrected chi connectivity index (χ2v) is 6.42. The van der Waals surface area contributed by atoms with Gasteiger partial charge in [-0.15, -0.1) is 10.2 Å². The van der Waals surface area contributed by atoms with Gasteiger partial charge in [0.2, 0.25) is 10.9 Å². The molecular weight excluding hydrogens is 302 g/mol. The summed E-state index contributed by atoms with van der Waals surface area (Å²) >= 11 is 1.35. The third-order valence-corrected chi connectivity index (χ3v) is 4.38. The van der Waals surface area contributed by atoms with E-state index in [1.807, 2.05) is 11.3 Å². The number of carbonyl (C=O) groups excluding carboxylic acids is 2. The minimum atomic E-state index is -0.106. The van der Waals surface area contributed by atoms with E-state index in [4.69, 9.17) is 0 Å². The van der Waals surface area contributed by atoms with Gasteiger partial charge in [-0.05, 0) is 13.3 Å². The molecule has 0 saturated heterocycles. The Labute approximate surface area is 133 Å². The van der Waals surface area contributed by atoms with Crippen molar-refractivity contribution >= 4 is 28.1 Å². The number of amides is 2. The molecule has 0 bridgehead atoms. The molecule has 8 heteroatoms. The van der Waals surface area contributed by atoms with E-state index >= 15 is 0 Å². The van der Waals surface area contributed by atoms with Crippen molar-refractivity contribution in [2.75, 3.05) is 13.1 Å². The van der Waals surface area contributed by atoms with Gasteiger partial charge < -0.3 is 10.6 Å². The van der Waals surface area contributed by atoms with E-state index in [2.05, 4.69) is 34.7 Å². The first kappa shape index (κ1) is 16.4. The summed E-state index contributed by atoms with van der Waals surface area (Å²) in [7, 11) is 0. The smallest absolute Gasteiger partial charge is 0.263 e. The number of nitrogens with zero attached hydrogens (tertiary/aromatic N) is 3. The van der Waals surface area contributed by atoms with Crippen LogP contribution >= 0.6 is 11.3 Å². The number of aromatic nitrogens is 3.